The number of benzene rings is 1. The number of hydrogen-bond donors (Lipinski definition) is 2. The summed E-state index contributed by atoms with van der Waals surface area (Å²) in [5.41, 5.74) is 2.16. The van der Waals surface area contributed by atoms with E-state index < -0.39 is 0 Å². The van der Waals surface area contributed by atoms with Crippen LogP contribution in [-0.4, -0.2) is 23.9 Å². The van der Waals surface area contributed by atoms with Gasteiger partial charge in [0.1, 0.15) is 5.75 Å². The Hall–Kier alpha value is -2.14. The van der Waals surface area contributed by atoms with E-state index in [-0.39, 0.29) is 5.56 Å². The lowest BCUT2D eigenvalue weighted by atomic mass is 10.1. The van der Waals surface area contributed by atoms with Crippen LogP contribution in [0.15, 0.2) is 35.1 Å². The molecule has 2 aromatic rings. The lowest BCUT2D eigenvalue weighted by Gasteiger charge is -2.07. The minimum Gasteiger partial charge on any atom is -0.494 e. The smallest absolute Gasteiger partial charge is 0.268 e. The normalized spacial score (nSPS) is 10.5. The minimum atomic E-state index is -0.165. The SMILES string of the molecule is CCCOc1cccc(-c2cc(CNC)c(=O)[nH]n2)c1. The van der Waals surface area contributed by atoms with Gasteiger partial charge in [0, 0.05) is 17.7 Å². The van der Waals surface area contributed by atoms with Crippen LogP contribution in [0.5, 0.6) is 5.75 Å². The highest BCUT2D eigenvalue weighted by molar-refractivity contribution is 5.61. The quantitative estimate of drug-likeness (QED) is 0.844. The predicted octanol–water partition coefficient (Wildman–Crippen LogP) is 1.95. The summed E-state index contributed by atoms with van der Waals surface area (Å²) < 4.78 is 5.61. The van der Waals surface area contributed by atoms with E-state index in [0.717, 1.165) is 23.4 Å². The Morgan fingerprint density at radius 3 is 2.95 bits per heavy atom. The van der Waals surface area contributed by atoms with Gasteiger partial charge in [-0.3, -0.25) is 4.79 Å². The number of aromatic nitrogens is 2. The summed E-state index contributed by atoms with van der Waals surface area (Å²) in [4.78, 5) is 11.6. The predicted molar refractivity (Wildman–Crippen MR) is 78.8 cm³/mol. The van der Waals surface area contributed by atoms with Gasteiger partial charge in [0.15, 0.2) is 0 Å². The highest BCUT2D eigenvalue weighted by Gasteiger charge is 2.06. The second-order valence-electron chi connectivity index (χ2n) is 4.51. The molecule has 0 spiro atoms. The van der Waals surface area contributed by atoms with Crippen LogP contribution in [0.1, 0.15) is 18.9 Å². The fraction of sp³-hybridized carbons (Fsp3) is 0.333. The second kappa shape index (κ2) is 6.86. The molecule has 0 unspecified atom stereocenters. The molecule has 20 heavy (non-hydrogen) atoms. The molecule has 0 aliphatic rings. The molecule has 106 valence electrons. The fourth-order valence-electron chi connectivity index (χ4n) is 1.88. The molecule has 0 saturated heterocycles. The molecule has 0 aliphatic carbocycles. The van der Waals surface area contributed by atoms with Gasteiger partial charge in [0.25, 0.3) is 5.56 Å². The van der Waals surface area contributed by atoms with Crippen molar-refractivity contribution in [3.8, 4) is 17.0 Å². The van der Waals surface area contributed by atoms with Crippen molar-refractivity contribution in [1.29, 1.82) is 0 Å². The Kier molecular flexibility index (Phi) is 4.90. The molecule has 2 N–H and O–H groups in total. The number of H-pyrrole nitrogens is 1. The van der Waals surface area contributed by atoms with E-state index in [4.69, 9.17) is 4.74 Å². The summed E-state index contributed by atoms with van der Waals surface area (Å²) in [6.07, 6.45) is 0.966. The summed E-state index contributed by atoms with van der Waals surface area (Å²) >= 11 is 0. The molecule has 0 aliphatic heterocycles. The number of ether oxygens (including phenoxy) is 1. The highest BCUT2D eigenvalue weighted by atomic mass is 16.5. The summed E-state index contributed by atoms with van der Waals surface area (Å²) in [5.74, 6) is 0.813. The summed E-state index contributed by atoms with van der Waals surface area (Å²) in [6.45, 7) is 3.27. The van der Waals surface area contributed by atoms with Crippen LogP contribution in [0.25, 0.3) is 11.3 Å². The summed E-state index contributed by atoms with van der Waals surface area (Å²) in [6, 6.07) is 9.51. The molecular formula is C15H19N3O2. The first-order chi connectivity index (χ1) is 9.74. The van der Waals surface area contributed by atoms with E-state index in [1.807, 2.05) is 24.3 Å². The van der Waals surface area contributed by atoms with E-state index in [9.17, 15) is 4.79 Å². The van der Waals surface area contributed by atoms with E-state index in [1.54, 1.807) is 13.1 Å². The van der Waals surface area contributed by atoms with Crippen molar-refractivity contribution in [1.82, 2.24) is 15.5 Å². The van der Waals surface area contributed by atoms with E-state index in [0.29, 0.717) is 18.7 Å². The Morgan fingerprint density at radius 1 is 1.35 bits per heavy atom. The third-order valence-corrected chi connectivity index (χ3v) is 2.85. The van der Waals surface area contributed by atoms with Gasteiger partial charge in [-0.15, -0.1) is 0 Å². The molecule has 0 fully saturated rings. The average molecular weight is 273 g/mol. The standard InChI is InChI=1S/C15H19N3O2/c1-3-7-20-13-6-4-5-11(8-13)14-9-12(10-16-2)15(19)18-17-14/h4-6,8-9,16H,3,7,10H2,1-2H3,(H,18,19). The molecule has 5 nitrogen and oxygen atoms in total. The maximum atomic E-state index is 11.6. The maximum absolute atomic E-state index is 11.6. The third-order valence-electron chi connectivity index (χ3n) is 2.85. The Balaban J connectivity index is 2.31. The zero-order chi connectivity index (χ0) is 14.4. The van der Waals surface area contributed by atoms with Gasteiger partial charge in [0.05, 0.1) is 12.3 Å². The van der Waals surface area contributed by atoms with Gasteiger partial charge < -0.3 is 10.1 Å². The van der Waals surface area contributed by atoms with Crippen LogP contribution in [-0.2, 0) is 6.54 Å². The fourth-order valence-corrected chi connectivity index (χ4v) is 1.88. The lowest BCUT2D eigenvalue weighted by molar-refractivity contribution is 0.317. The molecule has 0 saturated carbocycles. The Labute approximate surface area is 118 Å². The molecular weight excluding hydrogens is 254 g/mol. The molecule has 5 heteroatoms. The Morgan fingerprint density at radius 2 is 2.20 bits per heavy atom. The number of aromatic amines is 1. The highest BCUT2D eigenvalue weighted by Crippen LogP contribution is 2.22. The van der Waals surface area contributed by atoms with Gasteiger partial charge in [-0.05, 0) is 31.7 Å². The van der Waals surface area contributed by atoms with Crippen molar-refractivity contribution < 1.29 is 4.74 Å². The van der Waals surface area contributed by atoms with Crippen molar-refractivity contribution in [3.05, 3.63) is 46.2 Å². The van der Waals surface area contributed by atoms with Gasteiger partial charge in [-0.1, -0.05) is 19.1 Å². The van der Waals surface area contributed by atoms with Gasteiger partial charge in [-0.25, -0.2) is 5.10 Å². The van der Waals surface area contributed by atoms with Crippen LogP contribution in [0.3, 0.4) is 0 Å². The minimum absolute atomic E-state index is 0.165. The third kappa shape index (κ3) is 3.45. The van der Waals surface area contributed by atoms with Gasteiger partial charge >= 0.3 is 0 Å². The maximum Gasteiger partial charge on any atom is 0.268 e. The molecule has 0 amide bonds. The van der Waals surface area contributed by atoms with Crippen LogP contribution >= 0.6 is 0 Å². The molecule has 1 aromatic heterocycles. The molecule has 1 aromatic carbocycles. The summed E-state index contributed by atoms with van der Waals surface area (Å²) in [7, 11) is 1.80. The monoisotopic (exact) mass is 273 g/mol. The number of hydrogen-bond acceptors (Lipinski definition) is 4. The van der Waals surface area contributed by atoms with E-state index in [1.165, 1.54) is 0 Å². The molecule has 0 bridgehead atoms. The number of nitrogens with zero attached hydrogens (tertiary/aromatic N) is 1. The first-order valence-electron chi connectivity index (χ1n) is 6.71. The largest absolute Gasteiger partial charge is 0.494 e. The van der Waals surface area contributed by atoms with E-state index in [2.05, 4.69) is 22.4 Å². The summed E-state index contributed by atoms with van der Waals surface area (Å²) in [5, 5.41) is 9.59. The van der Waals surface area contributed by atoms with Crippen molar-refractivity contribution in [2.24, 2.45) is 0 Å². The molecule has 2 rings (SSSR count). The molecule has 0 atom stereocenters. The van der Waals surface area contributed by atoms with Crippen molar-refractivity contribution in [2.45, 2.75) is 19.9 Å². The van der Waals surface area contributed by atoms with Crippen LogP contribution < -0.4 is 15.6 Å². The van der Waals surface area contributed by atoms with Gasteiger partial charge in [-0.2, -0.15) is 5.10 Å². The van der Waals surface area contributed by atoms with Crippen molar-refractivity contribution in [3.63, 3.8) is 0 Å². The first kappa shape index (κ1) is 14.3. The molecule has 1 heterocycles. The van der Waals surface area contributed by atoms with E-state index >= 15 is 0 Å². The lowest BCUT2D eigenvalue weighted by Crippen LogP contribution is -2.19. The van der Waals surface area contributed by atoms with Crippen molar-refractivity contribution >= 4 is 0 Å². The number of rotatable bonds is 6. The van der Waals surface area contributed by atoms with Crippen LogP contribution in [0.4, 0.5) is 0 Å². The van der Waals surface area contributed by atoms with Crippen LogP contribution in [0, 0.1) is 0 Å². The van der Waals surface area contributed by atoms with Gasteiger partial charge in [0.2, 0.25) is 0 Å². The Bertz CT molecular complexity index is 623. The number of nitrogens with one attached hydrogen (secondary N) is 2. The zero-order valence-corrected chi connectivity index (χ0v) is 11.8. The average Bonchev–Trinajstić information content (AvgIpc) is 2.48. The topological polar surface area (TPSA) is 67.0 Å². The van der Waals surface area contributed by atoms with Crippen LogP contribution in [0.2, 0.25) is 0 Å². The second-order valence-corrected chi connectivity index (χ2v) is 4.51. The zero-order valence-electron chi connectivity index (χ0n) is 11.8. The molecule has 0 radical (unpaired) electrons. The van der Waals surface area contributed by atoms with Crippen molar-refractivity contribution in [2.75, 3.05) is 13.7 Å². The first-order valence-corrected chi connectivity index (χ1v) is 6.71.